The summed E-state index contributed by atoms with van der Waals surface area (Å²) in [5.74, 6) is -13.5. The molecule has 2 aromatic carbocycles. The molecule has 1 fully saturated rings. The van der Waals surface area contributed by atoms with Gasteiger partial charge in [0.1, 0.15) is 42.0 Å². The predicted molar refractivity (Wildman–Crippen MR) is 355 cm³/mol. The molecule has 36 heteroatoms. The fraction of sp³-hybridized carbons (Fsp3) is 0.587. The molecule has 6 atom stereocenters. The molecule has 16 N–H and O–H groups in total. The number of urea groups is 1. The van der Waals surface area contributed by atoms with E-state index < -0.39 is 147 Å². The van der Waals surface area contributed by atoms with Crippen LogP contribution in [0.2, 0.25) is 0 Å². The number of hydrogen-bond donors (Lipinski definition) is 16. The number of phenols is 1. The van der Waals surface area contributed by atoms with E-state index in [1.165, 1.54) is 26.8 Å². The van der Waals surface area contributed by atoms with Gasteiger partial charge in [-0.3, -0.25) is 67.5 Å². The fourth-order valence-corrected chi connectivity index (χ4v) is 11.1. The number of aromatic hydroxyl groups is 1. The van der Waals surface area contributed by atoms with Crippen LogP contribution in [0.3, 0.4) is 0 Å². The first-order chi connectivity index (χ1) is 46.5. The summed E-state index contributed by atoms with van der Waals surface area (Å²) >= 11 is 1.87. The Morgan fingerprint density at radius 1 is 0.404 bits per heavy atom. The average Bonchev–Trinajstić information content (AvgIpc) is 0.861. The summed E-state index contributed by atoms with van der Waals surface area (Å²) in [6.45, 7) is -0.677. The number of nitrogens with zero attached hydrogens (tertiary/aromatic N) is 4. The minimum Gasteiger partial charge on any atom is -0.507 e. The van der Waals surface area contributed by atoms with Crippen LogP contribution in [0.15, 0.2) is 48.5 Å². The number of amides is 7. The Labute approximate surface area is 595 Å². The van der Waals surface area contributed by atoms with E-state index in [2.05, 4.69) is 37.2 Å². The van der Waals surface area contributed by atoms with E-state index >= 15 is 0 Å². The number of rotatable bonds is 45. The summed E-state index contributed by atoms with van der Waals surface area (Å²) in [5, 5.41) is 105. The third kappa shape index (κ3) is 37.5. The summed E-state index contributed by atoms with van der Waals surface area (Å²) < 4.78 is 0.401. The molecule has 1 aliphatic rings. The van der Waals surface area contributed by atoms with Crippen LogP contribution in [-0.4, -0.2) is 270 Å². The van der Waals surface area contributed by atoms with E-state index in [-0.39, 0.29) is 158 Å². The van der Waals surface area contributed by atoms with Gasteiger partial charge in [-0.05, 0) is 110 Å². The van der Waals surface area contributed by atoms with Crippen LogP contribution in [0.4, 0.5) is 4.79 Å². The van der Waals surface area contributed by atoms with Crippen LogP contribution in [0.1, 0.15) is 114 Å². The Morgan fingerprint density at radius 3 is 1.26 bits per heavy atom. The number of halogens is 1. The van der Waals surface area contributed by atoms with Crippen LogP contribution in [0.25, 0.3) is 0 Å². The van der Waals surface area contributed by atoms with Gasteiger partial charge in [0.15, 0.2) is 0 Å². The monoisotopic (exact) mass is 1560 g/mol. The van der Waals surface area contributed by atoms with Crippen molar-refractivity contribution in [1.82, 2.24) is 56.8 Å². The zero-order chi connectivity index (χ0) is 72.7. The van der Waals surface area contributed by atoms with Crippen molar-refractivity contribution in [2.75, 3.05) is 85.1 Å². The maximum atomic E-state index is 14.5. The van der Waals surface area contributed by atoms with Crippen molar-refractivity contribution in [3.05, 3.63) is 63.2 Å². The molecule has 1 saturated heterocycles. The number of carboxylic acid groups (broad SMARTS) is 8. The van der Waals surface area contributed by atoms with E-state index in [1.807, 2.05) is 22.6 Å². The van der Waals surface area contributed by atoms with Crippen molar-refractivity contribution < 1.29 is 130 Å². The first kappa shape index (κ1) is 86.8. The molecule has 1 heterocycles. The Hall–Kier alpha value is -8.29. The standard InChI is InChI=1S/C63H92IN11O23.Cu/c64-42-34-41(18-21-49(42)76)36-46(67-52(79)22-20-48(62(96)97)75-32-30-73(38-55(84)85)28-26-72(37-54(82)83)27-29-74(31-33-75)39-56(86)87)57(88)69-47(35-40-12-4-3-5-13-40)58(89)68-43(59(90)91)14-8-10-24-65-50(77)16-6-1-2-7-17-51(78)66-25-11-9-15-44(60(92)93)70-63(98)71-45(61(94)95)19-23-53(80)81;/h3-5,12-13,18,21,34,43-48,76H,1-2,6-11,14-17,19-20,22-33,35-39H2,(H,65,77)(H,66,78)(H,67,79)(H,68,89)(H,69,88)(H,80,81)(H,82,83)(H,84,85)(H,86,87)(H,90,91)(H,92,93)(H,94,95)(H,96,97)(H2,70,71,98);/t43?,44-,45-,46+,47+,48+;/m0./s1. The van der Waals surface area contributed by atoms with Gasteiger partial charge in [0, 0.05) is 121 Å². The predicted octanol–water partition coefficient (Wildman–Crippen LogP) is 0.0113. The van der Waals surface area contributed by atoms with Crippen molar-refractivity contribution in [1.29, 1.82) is 0 Å². The molecule has 99 heavy (non-hydrogen) atoms. The topological polar surface area (TPSA) is 518 Å². The van der Waals surface area contributed by atoms with Crippen molar-refractivity contribution >= 4 is 106 Å². The van der Waals surface area contributed by atoms with Gasteiger partial charge in [-0.25, -0.2) is 19.2 Å². The molecule has 2 aromatic rings. The van der Waals surface area contributed by atoms with E-state index in [4.69, 9.17) is 5.11 Å². The van der Waals surface area contributed by atoms with Crippen molar-refractivity contribution in [2.45, 2.75) is 152 Å². The zero-order valence-corrected chi connectivity index (χ0v) is 57.8. The Balaban J connectivity index is 0.0000333. The van der Waals surface area contributed by atoms with Crippen molar-refractivity contribution in [2.24, 2.45) is 0 Å². The van der Waals surface area contributed by atoms with E-state index in [1.54, 1.807) is 41.3 Å². The number of carboxylic acids is 8. The molecule has 0 aromatic heterocycles. The second kappa shape index (κ2) is 47.7. The number of nitrogens with one attached hydrogen (secondary N) is 7. The largest absolute Gasteiger partial charge is 0.507 e. The number of aliphatic carboxylic acids is 8. The SMILES string of the molecule is O=C(O)CC[C@H](NC(=O)N[C@@H](CCCCNC(=O)CCCCCCC(=O)NCCCCC(NC(=O)[C@@H](Cc1ccccc1)NC(=O)[C@@H](Cc1ccc(O)c(I)c1)NC(=O)CC[C@H](C(=O)O)N1CCN(CC(=O)O)CCN(CC(=O)O)CCN(CC(=O)O)CC1)C(=O)O)C(=O)O)C(=O)O.[Cu]. The first-order valence-electron chi connectivity index (χ1n) is 32.2. The normalized spacial score (nSPS) is 15.2. The van der Waals surface area contributed by atoms with Crippen LogP contribution in [-0.2, 0) is 92.2 Å². The summed E-state index contributed by atoms with van der Waals surface area (Å²) in [6.07, 6.45) is 1.73. The Bertz CT molecular complexity index is 2980. The number of unbranched alkanes of at least 4 members (excludes halogenated alkanes) is 5. The fourth-order valence-electron chi connectivity index (χ4n) is 10.5. The molecule has 7 amide bonds. The number of hydrogen-bond acceptors (Lipinski definition) is 19. The Kier molecular flexibility index (Phi) is 41.8. The zero-order valence-electron chi connectivity index (χ0n) is 54.7. The molecule has 1 radical (unpaired) electrons. The molecule has 3 rings (SSSR count). The summed E-state index contributed by atoms with van der Waals surface area (Å²) in [6, 6.07) is 3.22. The van der Waals surface area contributed by atoms with Gasteiger partial charge in [0.2, 0.25) is 29.5 Å². The maximum Gasteiger partial charge on any atom is 0.326 e. The van der Waals surface area contributed by atoms with E-state index in [0.717, 1.165) is 0 Å². The van der Waals surface area contributed by atoms with Gasteiger partial charge in [-0.1, -0.05) is 49.2 Å². The smallest absolute Gasteiger partial charge is 0.326 e. The van der Waals surface area contributed by atoms with Gasteiger partial charge in [0.25, 0.3) is 0 Å². The van der Waals surface area contributed by atoms with Crippen LogP contribution in [0, 0.1) is 3.57 Å². The Morgan fingerprint density at radius 2 is 0.828 bits per heavy atom. The van der Waals surface area contributed by atoms with Crippen LogP contribution in [0.5, 0.6) is 5.75 Å². The molecular formula is C63H92CuIN11O23. The maximum absolute atomic E-state index is 14.5. The second-order valence-corrected chi connectivity index (χ2v) is 24.8. The molecule has 34 nitrogen and oxygen atoms in total. The third-order valence-electron chi connectivity index (χ3n) is 15.8. The molecule has 555 valence electrons. The van der Waals surface area contributed by atoms with Gasteiger partial charge < -0.3 is 83.2 Å². The van der Waals surface area contributed by atoms with Gasteiger partial charge >= 0.3 is 53.8 Å². The first-order valence-corrected chi connectivity index (χ1v) is 33.3. The average molecular weight is 1560 g/mol. The molecule has 0 saturated carbocycles. The second-order valence-electron chi connectivity index (χ2n) is 23.6. The van der Waals surface area contributed by atoms with Crippen molar-refractivity contribution in [3.63, 3.8) is 0 Å². The van der Waals surface area contributed by atoms with Gasteiger partial charge in [-0.2, -0.15) is 0 Å². The van der Waals surface area contributed by atoms with E-state index in [9.17, 15) is 108 Å². The summed E-state index contributed by atoms with van der Waals surface area (Å²) in [7, 11) is 0. The molecule has 0 spiro atoms. The van der Waals surface area contributed by atoms with Gasteiger partial charge in [-0.15, -0.1) is 0 Å². The number of benzene rings is 2. The van der Waals surface area contributed by atoms with Crippen molar-refractivity contribution in [3.8, 4) is 5.75 Å². The minimum atomic E-state index is -1.54. The molecule has 0 aliphatic carbocycles. The van der Waals surface area contributed by atoms with Crippen LogP contribution >= 0.6 is 22.6 Å². The van der Waals surface area contributed by atoms with Crippen LogP contribution < -0.4 is 37.2 Å². The summed E-state index contributed by atoms with van der Waals surface area (Å²) in [5.41, 5.74) is 1.03. The van der Waals surface area contributed by atoms with Gasteiger partial charge in [0.05, 0.1) is 23.2 Å². The third-order valence-corrected chi connectivity index (χ3v) is 16.7. The van der Waals surface area contributed by atoms with E-state index in [0.29, 0.717) is 53.2 Å². The number of phenolic OH excluding ortho intramolecular Hbond substituents is 1. The quantitative estimate of drug-likeness (QED) is 0.0236. The summed E-state index contributed by atoms with van der Waals surface area (Å²) in [4.78, 5) is 181. The number of carbonyl (C=O) groups is 14. The molecular weight excluding hydrogens is 1470 g/mol. The molecule has 1 unspecified atom stereocenters. The number of carbonyl (C=O) groups excluding carboxylic acids is 6. The minimum absolute atomic E-state index is 0. The molecule has 1 aliphatic heterocycles. The molecule has 0 bridgehead atoms.